The van der Waals surface area contributed by atoms with Crippen LogP contribution in [0.1, 0.15) is 17.5 Å². The van der Waals surface area contributed by atoms with E-state index < -0.39 is 10.0 Å². The van der Waals surface area contributed by atoms with Gasteiger partial charge in [-0.2, -0.15) is 0 Å². The first kappa shape index (κ1) is 15.3. The van der Waals surface area contributed by atoms with Crippen molar-refractivity contribution >= 4 is 21.6 Å². The fourth-order valence-electron chi connectivity index (χ4n) is 2.74. The third-order valence-corrected chi connectivity index (χ3v) is 5.65. The van der Waals surface area contributed by atoms with Crippen LogP contribution in [0.5, 0.6) is 5.75 Å². The van der Waals surface area contributed by atoms with Crippen LogP contribution in [0.25, 0.3) is 0 Å². The number of rotatable bonds is 3. The van der Waals surface area contributed by atoms with E-state index in [-0.39, 0.29) is 16.7 Å². The molecule has 116 valence electrons. The summed E-state index contributed by atoms with van der Waals surface area (Å²) in [5.74, 6) is 0.249. The number of hydrogen-bond donors (Lipinski definition) is 2. The molecule has 0 saturated heterocycles. The van der Waals surface area contributed by atoms with Gasteiger partial charge in [0.15, 0.2) is 0 Å². The molecule has 1 aliphatic carbocycles. The van der Waals surface area contributed by atoms with Crippen LogP contribution in [0.4, 0.5) is 0 Å². The quantitative estimate of drug-likeness (QED) is 0.905. The molecule has 0 spiro atoms. The number of benzene rings is 2. The van der Waals surface area contributed by atoms with E-state index >= 15 is 0 Å². The zero-order valence-electron chi connectivity index (χ0n) is 11.8. The highest BCUT2D eigenvalue weighted by atomic mass is 35.5. The van der Waals surface area contributed by atoms with Gasteiger partial charge in [-0.3, -0.25) is 0 Å². The standard InChI is InChI=1S/C16H16ClNO3S/c17-13-3-7-16(8-4-13)22(20,21)18-14-5-1-12-10-15(19)6-2-11(12)9-14/h2-4,6-8,10,14,18-19H,1,5,9H2. The Morgan fingerprint density at radius 2 is 1.82 bits per heavy atom. The van der Waals surface area contributed by atoms with Crippen LogP contribution in [-0.2, 0) is 22.9 Å². The van der Waals surface area contributed by atoms with Gasteiger partial charge >= 0.3 is 0 Å². The van der Waals surface area contributed by atoms with Crippen molar-refractivity contribution in [3.05, 3.63) is 58.6 Å². The number of sulfonamides is 1. The molecule has 0 bridgehead atoms. The molecule has 1 unspecified atom stereocenters. The predicted molar refractivity (Wildman–Crippen MR) is 85.7 cm³/mol. The number of phenols is 1. The lowest BCUT2D eigenvalue weighted by Gasteiger charge is -2.25. The molecule has 0 fully saturated rings. The molecule has 1 aliphatic rings. The van der Waals surface area contributed by atoms with E-state index in [1.165, 1.54) is 12.1 Å². The first-order chi connectivity index (χ1) is 10.4. The van der Waals surface area contributed by atoms with E-state index in [4.69, 9.17) is 11.6 Å². The maximum Gasteiger partial charge on any atom is 0.240 e. The van der Waals surface area contributed by atoms with Gasteiger partial charge in [0.25, 0.3) is 0 Å². The molecule has 2 aromatic rings. The van der Waals surface area contributed by atoms with E-state index in [0.717, 1.165) is 17.5 Å². The van der Waals surface area contributed by atoms with Crippen molar-refractivity contribution in [3.8, 4) is 5.75 Å². The smallest absolute Gasteiger partial charge is 0.240 e. The molecule has 1 atom stereocenters. The number of halogens is 1. The minimum Gasteiger partial charge on any atom is -0.508 e. The fraction of sp³-hybridized carbons (Fsp3) is 0.250. The molecule has 0 radical (unpaired) electrons. The summed E-state index contributed by atoms with van der Waals surface area (Å²) in [5, 5.41) is 9.99. The Labute approximate surface area is 134 Å². The molecule has 2 aromatic carbocycles. The summed E-state index contributed by atoms with van der Waals surface area (Å²) in [6.45, 7) is 0. The largest absolute Gasteiger partial charge is 0.508 e. The van der Waals surface area contributed by atoms with Gasteiger partial charge in [0.2, 0.25) is 10.0 Å². The van der Waals surface area contributed by atoms with Crippen LogP contribution >= 0.6 is 11.6 Å². The summed E-state index contributed by atoms with van der Waals surface area (Å²) in [6.07, 6.45) is 2.09. The van der Waals surface area contributed by atoms with Gasteiger partial charge in [-0.15, -0.1) is 0 Å². The van der Waals surface area contributed by atoms with Gasteiger partial charge in [-0.1, -0.05) is 17.7 Å². The molecule has 4 nitrogen and oxygen atoms in total. The van der Waals surface area contributed by atoms with E-state index in [0.29, 0.717) is 17.9 Å². The summed E-state index contributed by atoms with van der Waals surface area (Å²) in [6, 6.07) is 11.2. The van der Waals surface area contributed by atoms with E-state index in [2.05, 4.69) is 4.72 Å². The number of fused-ring (bicyclic) bond motifs is 1. The normalized spacial score (nSPS) is 18.0. The summed E-state index contributed by atoms with van der Waals surface area (Å²) in [5.41, 5.74) is 2.16. The second-order valence-electron chi connectivity index (χ2n) is 5.47. The summed E-state index contributed by atoms with van der Waals surface area (Å²) in [4.78, 5) is 0.216. The van der Waals surface area contributed by atoms with Crippen molar-refractivity contribution in [3.63, 3.8) is 0 Å². The number of hydrogen-bond acceptors (Lipinski definition) is 3. The van der Waals surface area contributed by atoms with Crippen LogP contribution in [0.2, 0.25) is 5.02 Å². The van der Waals surface area contributed by atoms with Crippen molar-refractivity contribution in [1.29, 1.82) is 0 Å². The molecule has 0 saturated carbocycles. The number of phenolic OH excluding ortho intramolecular Hbond substituents is 1. The Hall–Kier alpha value is -1.56. The van der Waals surface area contributed by atoms with Crippen molar-refractivity contribution in [2.75, 3.05) is 0 Å². The van der Waals surface area contributed by atoms with Crippen molar-refractivity contribution in [2.24, 2.45) is 0 Å². The van der Waals surface area contributed by atoms with Gasteiger partial charge < -0.3 is 5.11 Å². The molecule has 6 heteroatoms. The molecular formula is C16H16ClNO3S. The Kier molecular flexibility index (Phi) is 4.12. The molecular weight excluding hydrogens is 322 g/mol. The summed E-state index contributed by atoms with van der Waals surface area (Å²) >= 11 is 5.79. The molecule has 22 heavy (non-hydrogen) atoms. The Morgan fingerprint density at radius 3 is 2.55 bits per heavy atom. The van der Waals surface area contributed by atoms with Crippen molar-refractivity contribution < 1.29 is 13.5 Å². The Bertz CT molecular complexity index is 788. The van der Waals surface area contributed by atoms with Crippen LogP contribution in [-0.4, -0.2) is 19.6 Å². The predicted octanol–water partition coefficient (Wildman–Crippen LogP) is 2.88. The first-order valence-corrected chi connectivity index (χ1v) is 8.89. The summed E-state index contributed by atoms with van der Waals surface area (Å²) < 4.78 is 27.5. The average Bonchev–Trinajstić information content (AvgIpc) is 2.47. The Balaban J connectivity index is 1.76. The molecule has 2 N–H and O–H groups in total. The highest BCUT2D eigenvalue weighted by molar-refractivity contribution is 7.89. The molecule has 0 heterocycles. The second-order valence-corrected chi connectivity index (χ2v) is 7.62. The fourth-order valence-corrected chi connectivity index (χ4v) is 4.14. The lowest BCUT2D eigenvalue weighted by atomic mass is 9.89. The van der Waals surface area contributed by atoms with Gasteiger partial charge in [0, 0.05) is 11.1 Å². The van der Waals surface area contributed by atoms with Gasteiger partial charge in [0.1, 0.15) is 5.75 Å². The lowest BCUT2D eigenvalue weighted by Crippen LogP contribution is -2.38. The topological polar surface area (TPSA) is 66.4 Å². The molecule has 3 rings (SSSR count). The summed E-state index contributed by atoms with van der Waals surface area (Å²) in [7, 11) is -3.55. The third kappa shape index (κ3) is 3.27. The monoisotopic (exact) mass is 337 g/mol. The number of nitrogens with one attached hydrogen (secondary N) is 1. The van der Waals surface area contributed by atoms with Gasteiger partial charge in [0.05, 0.1) is 4.90 Å². The SMILES string of the molecule is O=S(=O)(NC1CCc2cc(O)ccc2C1)c1ccc(Cl)cc1. The second kappa shape index (κ2) is 5.91. The van der Waals surface area contributed by atoms with E-state index in [9.17, 15) is 13.5 Å². The van der Waals surface area contributed by atoms with E-state index in [1.54, 1.807) is 24.3 Å². The van der Waals surface area contributed by atoms with Crippen molar-refractivity contribution in [2.45, 2.75) is 30.2 Å². The lowest BCUT2D eigenvalue weighted by molar-refractivity contribution is 0.469. The minimum absolute atomic E-state index is 0.141. The third-order valence-electron chi connectivity index (χ3n) is 3.86. The van der Waals surface area contributed by atoms with Crippen LogP contribution in [0, 0.1) is 0 Å². The zero-order chi connectivity index (χ0) is 15.7. The zero-order valence-corrected chi connectivity index (χ0v) is 13.4. The Morgan fingerprint density at radius 1 is 1.09 bits per heavy atom. The van der Waals surface area contributed by atoms with Crippen LogP contribution in [0.3, 0.4) is 0 Å². The minimum atomic E-state index is -3.55. The van der Waals surface area contributed by atoms with Crippen molar-refractivity contribution in [1.82, 2.24) is 4.72 Å². The average molecular weight is 338 g/mol. The highest BCUT2D eigenvalue weighted by Crippen LogP contribution is 2.26. The maximum absolute atomic E-state index is 12.4. The number of aryl methyl sites for hydroxylation is 1. The molecule has 0 aliphatic heterocycles. The first-order valence-electron chi connectivity index (χ1n) is 7.03. The van der Waals surface area contributed by atoms with Crippen LogP contribution < -0.4 is 4.72 Å². The van der Waals surface area contributed by atoms with Gasteiger partial charge in [-0.25, -0.2) is 13.1 Å². The van der Waals surface area contributed by atoms with E-state index in [1.807, 2.05) is 6.07 Å². The number of aromatic hydroxyl groups is 1. The highest BCUT2D eigenvalue weighted by Gasteiger charge is 2.24. The molecule has 0 amide bonds. The van der Waals surface area contributed by atoms with Crippen LogP contribution in [0.15, 0.2) is 47.4 Å². The molecule has 0 aromatic heterocycles. The maximum atomic E-state index is 12.4. The van der Waals surface area contributed by atoms with Gasteiger partial charge in [-0.05, 0) is 66.8 Å².